The number of benzene rings is 1. The number of carbonyl (C=O) groups excluding carboxylic acids is 1. The van der Waals surface area contributed by atoms with Crippen LogP contribution in [0.3, 0.4) is 0 Å². The van der Waals surface area contributed by atoms with Crippen molar-refractivity contribution in [1.29, 1.82) is 0 Å². The van der Waals surface area contributed by atoms with Gasteiger partial charge in [0.2, 0.25) is 0 Å². The monoisotopic (exact) mass is 313 g/mol. The van der Waals surface area contributed by atoms with Gasteiger partial charge in [-0.25, -0.2) is 2.90 Å². The summed E-state index contributed by atoms with van der Waals surface area (Å²) in [5.74, 6) is -0.198. The highest BCUT2D eigenvalue weighted by molar-refractivity contribution is 14.1. The van der Waals surface area contributed by atoms with Crippen molar-refractivity contribution >= 4 is 34.5 Å². The molecule has 76 valence electrons. The van der Waals surface area contributed by atoms with Crippen LogP contribution in [0, 0.1) is 0 Å². The van der Waals surface area contributed by atoms with E-state index in [-0.39, 0.29) is 5.91 Å². The number of amides is 1. The number of rotatable bonds is 2. The van der Waals surface area contributed by atoms with Crippen molar-refractivity contribution in [2.75, 3.05) is 5.32 Å². The Balaban J connectivity index is 2.11. The fourth-order valence-electron chi connectivity index (χ4n) is 1.14. The summed E-state index contributed by atoms with van der Waals surface area (Å²) in [6, 6.07) is 11.0. The first-order valence-corrected chi connectivity index (χ1v) is 5.30. The van der Waals surface area contributed by atoms with Crippen LogP contribution in [0.2, 0.25) is 0 Å². The van der Waals surface area contributed by atoms with Gasteiger partial charge < -0.3 is 5.32 Å². The second kappa shape index (κ2) is 4.43. The Kier molecular flexibility index (Phi) is 3.00. The second-order valence-electron chi connectivity index (χ2n) is 2.91. The van der Waals surface area contributed by atoms with Gasteiger partial charge in [-0.3, -0.25) is 4.79 Å². The summed E-state index contributed by atoms with van der Waals surface area (Å²) < 4.78 is 1.57. The number of nitrogens with zero attached hydrogens (tertiary/aromatic N) is 2. The molecule has 15 heavy (non-hydrogen) atoms. The van der Waals surface area contributed by atoms with E-state index in [1.165, 1.54) is 0 Å². The number of anilines is 1. The van der Waals surface area contributed by atoms with Gasteiger partial charge in [-0.2, -0.15) is 5.10 Å². The molecule has 0 spiro atoms. The summed E-state index contributed by atoms with van der Waals surface area (Å²) in [7, 11) is 0. The average molecular weight is 313 g/mol. The van der Waals surface area contributed by atoms with Crippen molar-refractivity contribution in [3.63, 3.8) is 0 Å². The molecule has 1 amide bonds. The van der Waals surface area contributed by atoms with E-state index < -0.39 is 0 Å². The highest BCUT2D eigenvalue weighted by atomic mass is 127. The minimum absolute atomic E-state index is 0.198. The highest BCUT2D eigenvalue weighted by Gasteiger charge is 2.08. The molecule has 1 aromatic heterocycles. The van der Waals surface area contributed by atoms with Crippen LogP contribution in [-0.2, 0) is 0 Å². The molecule has 0 atom stereocenters. The van der Waals surface area contributed by atoms with E-state index in [9.17, 15) is 4.79 Å². The fraction of sp³-hybridized carbons (Fsp3) is 0. The van der Waals surface area contributed by atoms with Crippen molar-refractivity contribution in [3.8, 4) is 0 Å². The first-order valence-electron chi connectivity index (χ1n) is 4.34. The zero-order valence-electron chi connectivity index (χ0n) is 7.72. The molecule has 0 aliphatic carbocycles. The number of carbonyl (C=O) groups is 1. The Morgan fingerprint density at radius 3 is 2.60 bits per heavy atom. The van der Waals surface area contributed by atoms with Gasteiger partial charge in [0.15, 0.2) is 5.69 Å². The molecule has 4 nitrogen and oxygen atoms in total. The third-order valence-electron chi connectivity index (χ3n) is 1.82. The van der Waals surface area contributed by atoms with E-state index in [0.717, 1.165) is 5.69 Å². The normalized spacial score (nSPS) is 9.93. The van der Waals surface area contributed by atoms with Gasteiger partial charge in [0.05, 0.1) is 22.9 Å². The van der Waals surface area contributed by atoms with Gasteiger partial charge in [0.25, 0.3) is 5.91 Å². The molecule has 0 aliphatic heterocycles. The van der Waals surface area contributed by atoms with Crippen LogP contribution in [-0.4, -0.2) is 13.9 Å². The molecule has 0 saturated heterocycles. The topological polar surface area (TPSA) is 46.9 Å². The van der Waals surface area contributed by atoms with Gasteiger partial charge in [0, 0.05) is 11.9 Å². The Labute approximate surface area is 101 Å². The number of hydrogen-bond donors (Lipinski definition) is 1. The molecule has 0 bridgehead atoms. The molecule has 1 heterocycles. The van der Waals surface area contributed by atoms with Crippen molar-refractivity contribution in [2.24, 2.45) is 0 Å². The summed E-state index contributed by atoms with van der Waals surface area (Å²) in [6.45, 7) is 0. The Hall–Kier alpha value is -1.37. The lowest BCUT2D eigenvalue weighted by atomic mass is 10.3. The third kappa shape index (κ3) is 2.56. The minimum atomic E-state index is -0.198. The third-order valence-corrected chi connectivity index (χ3v) is 2.36. The summed E-state index contributed by atoms with van der Waals surface area (Å²) in [6.07, 6.45) is 1.72. The van der Waals surface area contributed by atoms with Crippen molar-refractivity contribution < 1.29 is 4.79 Å². The van der Waals surface area contributed by atoms with Crippen molar-refractivity contribution in [2.45, 2.75) is 0 Å². The van der Waals surface area contributed by atoms with E-state index in [1.807, 2.05) is 53.2 Å². The standard InChI is InChI=1S/C10H8IN3O/c11-14-7-6-9(13-14)10(15)12-8-4-2-1-3-5-8/h1-7H,(H,12,15). The maximum absolute atomic E-state index is 11.6. The minimum Gasteiger partial charge on any atom is -0.321 e. The molecule has 5 heteroatoms. The van der Waals surface area contributed by atoms with Crippen molar-refractivity contribution in [3.05, 3.63) is 48.3 Å². The lowest BCUT2D eigenvalue weighted by Crippen LogP contribution is -2.12. The number of aromatic nitrogens is 2. The molecule has 1 N–H and O–H groups in total. The quantitative estimate of drug-likeness (QED) is 0.865. The number of para-hydroxylation sites is 1. The van der Waals surface area contributed by atoms with Crippen molar-refractivity contribution in [1.82, 2.24) is 7.99 Å². The maximum Gasteiger partial charge on any atom is 0.276 e. The van der Waals surface area contributed by atoms with Crippen LogP contribution >= 0.6 is 22.9 Å². The molecule has 0 radical (unpaired) electrons. The number of halogens is 1. The molecule has 0 saturated carbocycles. The first-order chi connectivity index (χ1) is 7.25. The maximum atomic E-state index is 11.6. The fourth-order valence-corrected chi connectivity index (χ4v) is 1.53. The van der Waals surface area contributed by atoms with Crippen LogP contribution in [0.25, 0.3) is 0 Å². The van der Waals surface area contributed by atoms with Gasteiger partial charge in [-0.15, -0.1) is 0 Å². The highest BCUT2D eigenvalue weighted by Crippen LogP contribution is 2.07. The summed E-state index contributed by atoms with van der Waals surface area (Å²) in [5.41, 5.74) is 1.18. The molecule has 2 aromatic rings. The van der Waals surface area contributed by atoms with Crippen LogP contribution in [0.4, 0.5) is 5.69 Å². The van der Waals surface area contributed by atoms with E-state index in [2.05, 4.69) is 10.4 Å². The van der Waals surface area contributed by atoms with E-state index in [0.29, 0.717) is 5.69 Å². The number of hydrogen-bond acceptors (Lipinski definition) is 2. The Bertz CT molecular complexity index is 467. The van der Waals surface area contributed by atoms with Gasteiger partial charge in [-0.05, 0) is 18.2 Å². The SMILES string of the molecule is O=C(Nc1ccccc1)c1ccn(I)n1. The summed E-state index contributed by atoms with van der Waals surface area (Å²) in [4.78, 5) is 11.6. The van der Waals surface area contributed by atoms with Crippen LogP contribution in [0.1, 0.15) is 10.5 Å². The lowest BCUT2D eigenvalue weighted by Gasteiger charge is -2.01. The van der Waals surface area contributed by atoms with Crippen LogP contribution in [0.15, 0.2) is 42.6 Å². The number of nitrogens with one attached hydrogen (secondary N) is 1. The Morgan fingerprint density at radius 1 is 1.27 bits per heavy atom. The largest absolute Gasteiger partial charge is 0.321 e. The van der Waals surface area contributed by atoms with Gasteiger partial charge in [0.1, 0.15) is 0 Å². The molecule has 0 unspecified atom stereocenters. The Morgan fingerprint density at radius 2 is 2.00 bits per heavy atom. The second-order valence-corrected chi connectivity index (χ2v) is 3.90. The molecule has 2 rings (SSSR count). The van der Waals surface area contributed by atoms with Crippen LogP contribution < -0.4 is 5.32 Å². The molecule has 1 aromatic carbocycles. The predicted molar refractivity (Wildman–Crippen MR) is 66.0 cm³/mol. The predicted octanol–water partition coefficient (Wildman–Crippen LogP) is 2.33. The van der Waals surface area contributed by atoms with Gasteiger partial charge >= 0.3 is 0 Å². The summed E-state index contributed by atoms with van der Waals surface area (Å²) >= 11 is 1.99. The van der Waals surface area contributed by atoms with E-state index in [4.69, 9.17) is 0 Å². The molecule has 0 aliphatic rings. The smallest absolute Gasteiger partial charge is 0.276 e. The average Bonchev–Trinajstić information content (AvgIpc) is 2.66. The molecular weight excluding hydrogens is 305 g/mol. The molecular formula is C10H8IN3O. The van der Waals surface area contributed by atoms with E-state index >= 15 is 0 Å². The van der Waals surface area contributed by atoms with Crippen LogP contribution in [0.5, 0.6) is 0 Å². The molecule has 0 fully saturated rings. The zero-order chi connectivity index (χ0) is 10.7. The zero-order valence-corrected chi connectivity index (χ0v) is 9.88. The van der Waals surface area contributed by atoms with E-state index in [1.54, 1.807) is 15.2 Å². The lowest BCUT2D eigenvalue weighted by molar-refractivity contribution is 0.102. The summed E-state index contributed by atoms with van der Waals surface area (Å²) in [5, 5.41) is 6.75. The van der Waals surface area contributed by atoms with Gasteiger partial charge in [-0.1, -0.05) is 18.2 Å². The first kappa shape index (κ1) is 10.2.